The number of benzene rings is 5. The number of thioether (sulfide) groups is 1. The SMILES string of the molecule is CCS[C@@H]1O[C@@H](C)[C@H](OCc2ccccc2)[C@@H](OCc2ccccc2)[C@H]1OC(=O)CCC(=O)O[C@H]1[C@H](O)[C@@H](COC(=O)c2ccccc2)O[C@H](OCc2ccccc2)[C@@H]1OC(=O)c1ccccc1. The van der Waals surface area contributed by atoms with Crippen molar-refractivity contribution in [2.24, 2.45) is 0 Å². The van der Waals surface area contributed by atoms with Crippen molar-refractivity contribution in [2.45, 2.75) is 107 Å². The van der Waals surface area contributed by atoms with Gasteiger partial charge in [-0.15, -0.1) is 11.8 Å². The normalized spacial score (nSPS) is 24.6. The Balaban J connectivity index is 1.08. The van der Waals surface area contributed by atoms with Crippen molar-refractivity contribution in [1.82, 2.24) is 0 Å². The van der Waals surface area contributed by atoms with E-state index in [0.717, 1.165) is 16.7 Å². The molecule has 0 amide bonds. The highest BCUT2D eigenvalue weighted by Crippen LogP contribution is 2.35. The Morgan fingerprint density at radius 3 is 1.50 bits per heavy atom. The van der Waals surface area contributed by atoms with E-state index in [1.807, 2.05) is 105 Å². The number of ether oxygens (including phenoxy) is 9. The Morgan fingerprint density at radius 2 is 0.985 bits per heavy atom. The topological polar surface area (TPSA) is 172 Å². The summed E-state index contributed by atoms with van der Waals surface area (Å²) < 4.78 is 55.4. The van der Waals surface area contributed by atoms with E-state index >= 15 is 0 Å². The highest BCUT2D eigenvalue weighted by Gasteiger charge is 2.52. The summed E-state index contributed by atoms with van der Waals surface area (Å²) in [6.45, 7) is 3.82. The van der Waals surface area contributed by atoms with Gasteiger partial charge in [0, 0.05) is 0 Å². The maximum atomic E-state index is 13.9. The lowest BCUT2D eigenvalue weighted by molar-refractivity contribution is -0.305. The molecule has 2 heterocycles. The predicted octanol–water partition coefficient (Wildman–Crippen LogP) is 7.64. The molecule has 0 aromatic heterocycles. The van der Waals surface area contributed by atoms with Crippen molar-refractivity contribution in [3.05, 3.63) is 179 Å². The van der Waals surface area contributed by atoms with Gasteiger partial charge in [-0.25, -0.2) is 9.59 Å². The van der Waals surface area contributed by atoms with Gasteiger partial charge in [0.25, 0.3) is 0 Å². The van der Waals surface area contributed by atoms with Crippen molar-refractivity contribution in [3.8, 4) is 0 Å². The zero-order valence-electron chi connectivity index (χ0n) is 37.8. The highest BCUT2D eigenvalue weighted by atomic mass is 32.2. The van der Waals surface area contributed by atoms with Crippen molar-refractivity contribution in [3.63, 3.8) is 0 Å². The average Bonchev–Trinajstić information content (AvgIpc) is 3.37. The first-order valence-corrected chi connectivity index (χ1v) is 23.7. The summed E-state index contributed by atoms with van der Waals surface area (Å²) in [6.07, 6.45) is -11.3. The third kappa shape index (κ3) is 14.1. The molecule has 0 unspecified atom stereocenters. The number of esters is 4. The minimum absolute atomic E-state index is 0.0286. The van der Waals surface area contributed by atoms with Crippen LogP contribution in [0, 0.1) is 0 Å². The van der Waals surface area contributed by atoms with E-state index in [1.54, 1.807) is 48.5 Å². The average molecular weight is 949 g/mol. The Kier molecular flexibility index (Phi) is 18.7. The molecule has 2 fully saturated rings. The molecule has 2 saturated heterocycles. The molecular weight excluding hydrogens is 893 g/mol. The molecule has 10 atom stereocenters. The summed E-state index contributed by atoms with van der Waals surface area (Å²) >= 11 is 1.46. The van der Waals surface area contributed by atoms with Crippen LogP contribution in [0.3, 0.4) is 0 Å². The molecule has 0 spiro atoms. The Bertz CT molecular complexity index is 2320. The number of carbonyl (C=O) groups excluding carboxylic acids is 4. The van der Waals surface area contributed by atoms with Crippen LogP contribution in [0.15, 0.2) is 152 Å². The largest absolute Gasteiger partial charge is 0.459 e. The number of aliphatic hydroxyl groups excluding tert-OH is 1. The molecule has 2 aliphatic rings. The van der Waals surface area contributed by atoms with E-state index in [4.69, 9.17) is 42.6 Å². The molecule has 5 aromatic carbocycles. The molecule has 7 rings (SSSR count). The molecule has 0 saturated carbocycles. The van der Waals surface area contributed by atoms with Crippen LogP contribution in [0.4, 0.5) is 0 Å². The van der Waals surface area contributed by atoms with Crippen molar-refractivity contribution >= 4 is 35.6 Å². The quantitative estimate of drug-likeness (QED) is 0.0562. The van der Waals surface area contributed by atoms with E-state index in [-0.39, 0.29) is 30.9 Å². The molecule has 0 aliphatic carbocycles. The fraction of sp³-hybridized carbons (Fsp3) is 0.358. The lowest BCUT2D eigenvalue weighted by Gasteiger charge is -2.44. The van der Waals surface area contributed by atoms with Crippen LogP contribution in [0.1, 0.15) is 64.1 Å². The summed E-state index contributed by atoms with van der Waals surface area (Å²) in [6, 6.07) is 44.7. The van der Waals surface area contributed by atoms with Gasteiger partial charge in [0.2, 0.25) is 0 Å². The first-order chi connectivity index (χ1) is 33.2. The predicted molar refractivity (Wildman–Crippen MR) is 250 cm³/mol. The van der Waals surface area contributed by atoms with Crippen LogP contribution >= 0.6 is 11.8 Å². The number of rotatable bonds is 21. The molecule has 0 bridgehead atoms. The fourth-order valence-electron chi connectivity index (χ4n) is 7.73. The number of hydrogen-bond donors (Lipinski definition) is 1. The maximum Gasteiger partial charge on any atom is 0.338 e. The summed E-state index contributed by atoms with van der Waals surface area (Å²) in [5.41, 5.74) is 2.41. The van der Waals surface area contributed by atoms with Crippen molar-refractivity contribution in [1.29, 1.82) is 0 Å². The lowest BCUT2D eigenvalue weighted by atomic mass is 9.98. The number of carbonyl (C=O) groups is 4. The molecule has 68 heavy (non-hydrogen) atoms. The van der Waals surface area contributed by atoms with Gasteiger partial charge in [0.15, 0.2) is 24.6 Å². The molecule has 15 heteroatoms. The number of hydrogen-bond acceptors (Lipinski definition) is 15. The molecule has 358 valence electrons. The smallest absolute Gasteiger partial charge is 0.338 e. The molecule has 1 N–H and O–H groups in total. The Labute approximate surface area is 400 Å². The standard InChI is InChI=1S/C53H56O14S/c1-3-68-53-49(47(60-32-37-21-11-5-12-22-37)45(35(2)63-53)59-31-36-19-9-4-10-20-36)66-43(55)30-29-42(54)65-46-44(56)41(34-61-50(57)39-25-15-7-16-26-39)64-52(62-33-38-23-13-6-14-24-38)48(46)67-51(58)40-27-17-8-18-28-40/h4-28,35,41,44-49,52-53,56H,3,29-34H2,1-2H3/t35-,41+,44+,45-,46-,47+,48+,49+,52-,53-/m0/s1. The monoisotopic (exact) mass is 948 g/mol. The van der Waals surface area contributed by atoms with Gasteiger partial charge in [-0.1, -0.05) is 134 Å². The lowest BCUT2D eigenvalue weighted by Crippen LogP contribution is -2.62. The minimum Gasteiger partial charge on any atom is -0.459 e. The summed E-state index contributed by atoms with van der Waals surface area (Å²) in [7, 11) is 0. The molecule has 14 nitrogen and oxygen atoms in total. The van der Waals surface area contributed by atoms with Crippen LogP contribution in [0.25, 0.3) is 0 Å². The van der Waals surface area contributed by atoms with Gasteiger partial charge in [-0.2, -0.15) is 0 Å². The van der Waals surface area contributed by atoms with Gasteiger partial charge in [0.1, 0.15) is 36.5 Å². The second-order valence-electron chi connectivity index (χ2n) is 16.1. The fourth-order valence-corrected chi connectivity index (χ4v) is 8.71. The maximum absolute atomic E-state index is 13.9. The Morgan fingerprint density at radius 1 is 0.529 bits per heavy atom. The number of aliphatic hydroxyl groups is 1. The highest BCUT2D eigenvalue weighted by molar-refractivity contribution is 7.99. The van der Waals surface area contributed by atoms with Gasteiger partial charge < -0.3 is 47.7 Å². The second kappa shape index (κ2) is 25.5. The summed E-state index contributed by atoms with van der Waals surface area (Å²) in [5, 5.41) is 11.8. The Hall–Kier alpha value is -5.91. The van der Waals surface area contributed by atoms with E-state index < -0.39 is 104 Å². The van der Waals surface area contributed by atoms with Crippen molar-refractivity contribution < 1.29 is 66.9 Å². The summed E-state index contributed by atoms with van der Waals surface area (Å²) in [4.78, 5) is 54.3. The van der Waals surface area contributed by atoms with Crippen molar-refractivity contribution in [2.75, 3.05) is 12.4 Å². The van der Waals surface area contributed by atoms with Gasteiger partial charge in [0.05, 0.1) is 49.9 Å². The second-order valence-corrected chi connectivity index (χ2v) is 17.5. The molecular formula is C53H56O14S. The molecule has 2 aliphatic heterocycles. The van der Waals surface area contributed by atoms with Crippen LogP contribution in [0.2, 0.25) is 0 Å². The van der Waals surface area contributed by atoms with E-state index in [2.05, 4.69) is 0 Å². The third-order valence-corrected chi connectivity index (χ3v) is 12.3. The van der Waals surface area contributed by atoms with E-state index in [1.165, 1.54) is 23.9 Å². The van der Waals surface area contributed by atoms with Crippen LogP contribution in [-0.4, -0.2) is 102 Å². The molecule has 0 radical (unpaired) electrons. The van der Waals surface area contributed by atoms with Gasteiger partial charge >= 0.3 is 23.9 Å². The summed E-state index contributed by atoms with van der Waals surface area (Å²) in [5.74, 6) is -2.52. The zero-order valence-corrected chi connectivity index (χ0v) is 38.6. The first-order valence-electron chi connectivity index (χ1n) is 22.6. The van der Waals surface area contributed by atoms with E-state index in [0.29, 0.717) is 5.75 Å². The first kappa shape index (κ1) is 50.0. The molecule has 5 aromatic rings. The minimum atomic E-state index is -1.71. The third-order valence-electron chi connectivity index (χ3n) is 11.2. The van der Waals surface area contributed by atoms with E-state index in [9.17, 15) is 24.3 Å². The van der Waals surface area contributed by atoms with Gasteiger partial charge in [-0.05, 0) is 53.6 Å². The van der Waals surface area contributed by atoms with Gasteiger partial charge in [-0.3, -0.25) is 9.59 Å². The van der Waals surface area contributed by atoms with Crippen LogP contribution in [-0.2, 0) is 72.0 Å². The van der Waals surface area contributed by atoms with Crippen LogP contribution < -0.4 is 0 Å². The zero-order chi connectivity index (χ0) is 47.7. The van der Waals surface area contributed by atoms with Crippen LogP contribution in [0.5, 0.6) is 0 Å².